The Kier molecular flexibility index (Phi) is 6.54. The second-order valence-corrected chi connectivity index (χ2v) is 7.31. The van der Waals surface area contributed by atoms with Gasteiger partial charge in [0.1, 0.15) is 0 Å². The summed E-state index contributed by atoms with van der Waals surface area (Å²) in [5.74, 6) is 0.738. The Morgan fingerprint density at radius 2 is 2.21 bits per heavy atom. The van der Waals surface area contributed by atoms with E-state index in [1.807, 2.05) is 43.3 Å². The molecule has 1 unspecified atom stereocenters. The Hall–Kier alpha value is -1.08. The maximum absolute atomic E-state index is 5.87. The first kappa shape index (κ1) is 17.7. The number of rotatable bonds is 6. The number of oxazole rings is 1. The number of hydrogen-bond donors (Lipinski definition) is 0. The smallest absolute Gasteiger partial charge is 0.262 e. The normalized spacial score (nSPS) is 18.8. The van der Waals surface area contributed by atoms with Gasteiger partial charge < -0.3 is 13.9 Å². The summed E-state index contributed by atoms with van der Waals surface area (Å²) in [5, 5.41) is 0.618. The fourth-order valence-corrected chi connectivity index (χ4v) is 3.80. The second-order valence-electron chi connectivity index (χ2n) is 5.53. The van der Waals surface area contributed by atoms with E-state index in [9.17, 15) is 0 Å². The number of ether oxygens (including phenoxy) is 2. The molecule has 1 aliphatic heterocycles. The molecule has 4 nitrogen and oxygen atoms in total. The minimum atomic E-state index is -0.0786. The Bertz CT molecular complexity index is 681. The SMILES string of the molecule is C/C(=C/COC1CCCCO1)c1oc(Sc2ccccc2)nc1Br. The first-order valence-corrected chi connectivity index (χ1v) is 9.63. The fraction of sp³-hybridized carbons (Fsp3) is 0.389. The van der Waals surface area contributed by atoms with Gasteiger partial charge in [-0.25, -0.2) is 0 Å². The molecule has 0 aliphatic carbocycles. The summed E-state index contributed by atoms with van der Waals surface area (Å²) in [5.41, 5.74) is 0.991. The van der Waals surface area contributed by atoms with Gasteiger partial charge in [-0.1, -0.05) is 24.3 Å². The van der Waals surface area contributed by atoms with Crippen LogP contribution in [-0.2, 0) is 9.47 Å². The van der Waals surface area contributed by atoms with E-state index in [2.05, 4.69) is 20.9 Å². The molecule has 1 aliphatic rings. The third-order valence-electron chi connectivity index (χ3n) is 3.68. The molecule has 1 aromatic carbocycles. The molecule has 0 saturated carbocycles. The van der Waals surface area contributed by atoms with Gasteiger partial charge in [-0.05, 0) is 71.6 Å². The summed E-state index contributed by atoms with van der Waals surface area (Å²) in [6.45, 7) is 3.29. The van der Waals surface area contributed by atoms with Gasteiger partial charge in [0.05, 0.1) is 6.61 Å². The van der Waals surface area contributed by atoms with Crippen molar-refractivity contribution in [2.45, 2.75) is 42.6 Å². The highest BCUT2D eigenvalue weighted by Crippen LogP contribution is 2.33. The highest BCUT2D eigenvalue weighted by molar-refractivity contribution is 9.10. The van der Waals surface area contributed by atoms with Crippen molar-refractivity contribution in [3.8, 4) is 0 Å². The van der Waals surface area contributed by atoms with E-state index in [1.165, 1.54) is 18.2 Å². The van der Waals surface area contributed by atoms with Crippen molar-refractivity contribution in [1.82, 2.24) is 4.98 Å². The average molecular weight is 410 g/mol. The van der Waals surface area contributed by atoms with Crippen molar-refractivity contribution in [3.05, 3.63) is 46.8 Å². The molecular formula is C18H20BrNO3S. The van der Waals surface area contributed by atoms with Gasteiger partial charge in [-0.3, -0.25) is 0 Å². The molecule has 2 heterocycles. The lowest BCUT2D eigenvalue weighted by Gasteiger charge is -2.22. The second kappa shape index (κ2) is 8.85. The van der Waals surface area contributed by atoms with Crippen molar-refractivity contribution in [2.75, 3.05) is 13.2 Å². The van der Waals surface area contributed by atoms with Crippen molar-refractivity contribution >= 4 is 33.3 Å². The first-order chi connectivity index (χ1) is 11.7. The lowest BCUT2D eigenvalue weighted by molar-refractivity contribution is -0.155. The highest BCUT2D eigenvalue weighted by Gasteiger charge is 2.15. The number of allylic oxidation sites excluding steroid dienone is 1. The zero-order chi connectivity index (χ0) is 16.8. The van der Waals surface area contributed by atoms with Crippen molar-refractivity contribution in [1.29, 1.82) is 0 Å². The quantitative estimate of drug-likeness (QED) is 0.626. The van der Waals surface area contributed by atoms with Crippen LogP contribution in [0.3, 0.4) is 0 Å². The van der Waals surface area contributed by atoms with Crippen LogP contribution < -0.4 is 0 Å². The van der Waals surface area contributed by atoms with Crippen LogP contribution >= 0.6 is 27.7 Å². The van der Waals surface area contributed by atoms with E-state index in [-0.39, 0.29) is 6.29 Å². The summed E-state index contributed by atoms with van der Waals surface area (Å²) in [4.78, 5) is 5.53. The highest BCUT2D eigenvalue weighted by atomic mass is 79.9. The molecule has 1 aromatic heterocycles. The molecular weight excluding hydrogens is 390 g/mol. The Labute approximate surface area is 154 Å². The molecule has 0 spiro atoms. The van der Waals surface area contributed by atoms with Crippen LogP contribution in [0.1, 0.15) is 31.9 Å². The number of halogens is 1. The summed E-state index contributed by atoms with van der Waals surface area (Å²) in [6, 6.07) is 10.0. The van der Waals surface area contributed by atoms with Gasteiger partial charge in [0.15, 0.2) is 16.7 Å². The third-order valence-corrected chi connectivity index (χ3v) is 5.08. The number of aromatic nitrogens is 1. The van der Waals surface area contributed by atoms with E-state index in [0.717, 1.165) is 35.7 Å². The van der Waals surface area contributed by atoms with Crippen LogP contribution in [-0.4, -0.2) is 24.5 Å². The van der Waals surface area contributed by atoms with Crippen LogP contribution in [0.2, 0.25) is 0 Å². The molecule has 1 saturated heterocycles. The first-order valence-electron chi connectivity index (χ1n) is 8.02. The molecule has 2 aromatic rings. The molecule has 1 atom stereocenters. The van der Waals surface area contributed by atoms with Crippen LogP contribution in [0, 0.1) is 0 Å². The van der Waals surface area contributed by atoms with Crippen molar-refractivity contribution < 1.29 is 13.9 Å². The lowest BCUT2D eigenvalue weighted by Crippen LogP contribution is -2.22. The monoisotopic (exact) mass is 409 g/mol. The summed E-state index contributed by atoms with van der Waals surface area (Å²) < 4.78 is 17.9. The Balaban J connectivity index is 1.59. The van der Waals surface area contributed by atoms with E-state index < -0.39 is 0 Å². The predicted octanol–water partition coefficient (Wildman–Crippen LogP) is 5.53. The predicted molar refractivity (Wildman–Crippen MR) is 98.0 cm³/mol. The Morgan fingerprint density at radius 1 is 1.38 bits per heavy atom. The van der Waals surface area contributed by atoms with E-state index in [0.29, 0.717) is 16.4 Å². The van der Waals surface area contributed by atoms with E-state index in [1.54, 1.807) is 0 Å². The van der Waals surface area contributed by atoms with Gasteiger partial charge in [0.2, 0.25) is 0 Å². The fourth-order valence-electron chi connectivity index (χ4n) is 2.38. The molecule has 3 rings (SSSR count). The van der Waals surface area contributed by atoms with Gasteiger partial charge in [-0.2, -0.15) is 4.98 Å². The molecule has 6 heteroatoms. The molecule has 128 valence electrons. The molecule has 0 radical (unpaired) electrons. The van der Waals surface area contributed by atoms with Crippen LogP contribution in [0.4, 0.5) is 0 Å². The minimum Gasteiger partial charge on any atom is -0.430 e. The van der Waals surface area contributed by atoms with Crippen molar-refractivity contribution in [2.24, 2.45) is 0 Å². The Morgan fingerprint density at radius 3 is 2.96 bits per heavy atom. The maximum Gasteiger partial charge on any atom is 0.262 e. The van der Waals surface area contributed by atoms with Gasteiger partial charge in [0, 0.05) is 11.5 Å². The van der Waals surface area contributed by atoms with E-state index >= 15 is 0 Å². The van der Waals surface area contributed by atoms with Gasteiger partial charge in [-0.15, -0.1) is 0 Å². The molecule has 0 amide bonds. The minimum absolute atomic E-state index is 0.0786. The largest absolute Gasteiger partial charge is 0.430 e. The number of hydrogen-bond acceptors (Lipinski definition) is 5. The average Bonchev–Trinajstić information content (AvgIpc) is 2.97. The zero-order valence-electron chi connectivity index (χ0n) is 13.5. The van der Waals surface area contributed by atoms with Gasteiger partial charge in [0.25, 0.3) is 5.22 Å². The van der Waals surface area contributed by atoms with Crippen LogP contribution in [0.25, 0.3) is 5.57 Å². The topological polar surface area (TPSA) is 44.5 Å². The zero-order valence-corrected chi connectivity index (χ0v) is 15.9. The summed E-state index contributed by atoms with van der Waals surface area (Å²) in [6.07, 6.45) is 5.18. The molecule has 1 fully saturated rings. The third kappa shape index (κ3) is 4.96. The number of nitrogens with zero attached hydrogens (tertiary/aromatic N) is 1. The number of benzene rings is 1. The molecule has 0 N–H and O–H groups in total. The molecule has 24 heavy (non-hydrogen) atoms. The van der Waals surface area contributed by atoms with Crippen molar-refractivity contribution in [3.63, 3.8) is 0 Å². The van der Waals surface area contributed by atoms with Crippen LogP contribution in [0.5, 0.6) is 0 Å². The molecule has 0 bridgehead atoms. The maximum atomic E-state index is 5.87. The lowest BCUT2D eigenvalue weighted by atomic mass is 10.2. The van der Waals surface area contributed by atoms with E-state index in [4.69, 9.17) is 13.9 Å². The van der Waals surface area contributed by atoms with Gasteiger partial charge >= 0.3 is 0 Å². The summed E-state index contributed by atoms with van der Waals surface area (Å²) >= 11 is 4.98. The van der Waals surface area contributed by atoms with Crippen LogP contribution in [0.15, 0.2) is 55.5 Å². The summed E-state index contributed by atoms with van der Waals surface area (Å²) in [7, 11) is 0. The standard InChI is InChI=1S/C18H20BrNO3S/c1-13(10-12-22-15-9-5-6-11-21-15)16-17(19)20-18(23-16)24-14-7-3-2-4-8-14/h2-4,7-8,10,15H,5-6,9,11-12H2,1H3/b13-10-.